The molecule has 22 heavy (non-hydrogen) atoms. The van der Waals surface area contributed by atoms with Crippen molar-refractivity contribution in [2.75, 3.05) is 7.11 Å². The molecule has 2 aromatic rings. The van der Waals surface area contributed by atoms with Crippen LogP contribution in [0.15, 0.2) is 54.6 Å². The van der Waals surface area contributed by atoms with Crippen molar-refractivity contribution in [1.29, 1.82) is 0 Å². The minimum Gasteiger partial charge on any atom is -0.465 e. The van der Waals surface area contributed by atoms with Crippen LogP contribution in [0.3, 0.4) is 0 Å². The smallest absolute Gasteiger partial charge is 0.337 e. The molecule has 4 nitrogen and oxygen atoms in total. The first kappa shape index (κ1) is 20.4. The number of rotatable bonds is 6. The number of hydrogen-bond acceptors (Lipinski definition) is 4. The summed E-state index contributed by atoms with van der Waals surface area (Å²) in [6.07, 6.45) is 0. The summed E-state index contributed by atoms with van der Waals surface area (Å²) in [6, 6.07) is 17.5. The van der Waals surface area contributed by atoms with Gasteiger partial charge in [0.2, 0.25) is 0 Å². The van der Waals surface area contributed by atoms with Crippen LogP contribution in [0, 0.1) is 0 Å². The first-order valence-electron chi connectivity index (χ1n) is 6.46. The van der Waals surface area contributed by atoms with Crippen molar-refractivity contribution in [1.82, 2.24) is 10.9 Å². The molecule has 0 saturated heterocycles. The maximum absolute atomic E-state index is 11.3. The Morgan fingerprint density at radius 2 is 1.36 bits per heavy atom. The van der Waals surface area contributed by atoms with Crippen LogP contribution in [0.5, 0.6) is 0 Å². The van der Waals surface area contributed by atoms with Crippen LogP contribution >= 0.6 is 24.8 Å². The Labute approximate surface area is 143 Å². The summed E-state index contributed by atoms with van der Waals surface area (Å²) in [6.45, 7) is 1.45. The average molecular weight is 343 g/mol. The highest BCUT2D eigenvalue weighted by molar-refractivity contribution is 5.89. The molecule has 0 unspecified atom stereocenters. The first-order chi connectivity index (χ1) is 9.79. The zero-order valence-electron chi connectivity index (χ0n) is 12.2. The van der Waals surface area contributed by atoms with E-state index in [1.807, 2.05) is 30.3 Å². The Morgan fingerprint density at radius 3 is 1.86 bits per heavy atom. The number of esters is 1. The van der Waals surface area contributed by atoms with Gasteiger partial charge in [-0.3, -0.25) is 10.9 Å². The van der Waals surface area contributed by atoms with E-state index in [0.29, 0.717) is 12.1 Å². The Hall–Kier alpha value is -1.59. The molecule has 120 valence electrons. The quantitative estimate of drug-likeness (QED) is 0.481. The van der Waals surface area contributed by atoms with Gasteiger partial charge in [0, 0.05) is 13.1 Å². The Bertz CT molecular complexity index is 548. The lowest BCUT2D eigenvalue weighted by Crippen LogP contribution is -2.30. The topological polar surface area (TPSA) is 50.4 Å². The van der Waals surface area contributed by atoms with Gasteiger partial charge >= 0.3 is 5.97 Å². The second kappa shape index (κ2) is 11.0. The van der Waals surface area contributed by atoms with Gasteiger partial charge in [0.25, 0.3) is 0 Å². The van der Waals surface area contributed by atoms with E-state index in [2.05, 4.69) is 27.7 Å². The SMILES string of the molecule is COC(=O)c1ccc(CNNCc2ccccc2)cc1.Cl.Cl. The zero-order valence-corrected chi connectivity index (χ0v) is 13.9. The van der Waals surface area contributed by atoms with Crippen LogP contribution in [0.1, 0.15) is 21.5 Å². The highest BCUT2D eigenvalue weighted by Crippen LogP contribution is 2.05. The second-order valence-electron chi connectivity index (χ2n) is 4.38. The fraction of sp³-hybridized carbons (Fsp3) is 0.188. The van der Waals surface area contributed by atoms with Crippen molar-refractivity contribution < 1.29 is 9.53 Å². The fourth-order valence-corrected chi connectivity index (χ4v) is 1.80. The number of carbonyl (C=O) groups is 1. The summed E-state index contributed by atoms with van der Waals surface area (Å²) in [5.74, 6) is -0.313. The van der Waals surface area contributed by atoms with Crippen molar-refractivity contribution in [3.63, 3.8) is 0 Å². The predicted molar refractivity (Wildman–Crippen MR) is 92.4 cm³/mol. The van der Waals surface area contributed by atoms with E-state index in [0.717, 1.165) is 12.1 Å². The molecule has 0 aromatic heterocycles. The van der Waals surface area contributed by atoms with Crippen LogP contribution < -0.4 is 10.9 Å². The van der Waals surface area contributed by atoms with Gasteiger partial charge in [-0.1, -0.05) is 42.5 Å². The molecular formula is C16H20Cl2N2O2. The van der Waals surface area contributed by atoms with E-state index in [4.69, 9.17) is 0 Å². The van der Waals surface area contributed by atoms with Gasteiger partial charge in [-0.2, -0.15) is 0 Å². The molecule has 0 aliphatic rings. The van der Waals surface area contributed by atoms with E-state index in [1.165, 1.54) is 12.7 Å². The standard InChI is InChI=1S/C16H18N2O2.2ClH/c1-20-16(19)15-9-7-14(8-10-15)12-18-17-11-13-5-3-2-4-6-13;;/h2-10,17-18H,11-12H2,1H3;2*1H. The van der Waals surface area contributed by atoms with E-state index in [1.54, 1.807) is 12.1 Å². The molecule has 0 aliphatic carbocycles. The molecule has 0 saturated carbocycles. The monoisotopic (exact) mass is 342 g/mol. The average Bonchev–Trinajstić information content (AvgIpc) is 2.52. The van der Waals surface area contributed by atoms with Crippen molar-refractivity contribution in [3.8, 4) is 0 Å². The lowest BCUT2D eigenvalue weighted by molar-refractivity contribution is 0.0600. The molecule has 0 heterocycles. The molecule has 0 aliphatic heterocycles. The lowest BCUT2D eigenvalue weighted by atomic mass is 10.1. The number of nitrogens with one attached hydrogen (secondary N) is 2. The Balaban J connectivity index is 0.00000220. The Morgan fingerprint density at radius 1 is 0.864 bits per heavy atom. The zero-order chi connectivity index (χ0) is 14.2. The maximum Gasteiger partial charge on any atom is 0.337 e. The third-order valence-corrected chi connectivity index (χ3v) is 2.93. The lowest BCUT2D eigenvalue weighted by Gasteiger charge is -2.07. The number of methoxy groups -OCH3 is 1. The van der Waals surface area contributed by atoms with Gasteiger partial charge in [0.1, 0.15) is 0 Å². The van der Waals surface area contributed by atoms with E-state index in [9.17, 15) is 4.79 Å². The molecule has 0 atom stereocenters. The van der Waals surface area contributed by atoms with E-state index >= 15 is 0 Å². The molecule has 6 heteroatoms. The normalized spacial score (nSPS) is 9.32. The van der Waals surface area contributed by atoms with Crippen molar-refractivity contribution in [2.24, 2.45) is 0 Å². The minimum atomic E-state index is -0.313. The molecular weight excluding hydrogens is 323 g/mol. The summed E-state index contributed by atoms with van der Waals surface area (Å²) >= 11 is 0. The molecule has 0 fully saturated rings. The number of benzene rings is 2. The van der Waals surface area contributed by atoms with Gasteiger partial charge in [-0.05, 0) is 23.3 Å². The Kier molecular flexibility index (Phi) is 10.2. The molecule has 0 radical (unpaired) electrons. The highest BCUT2D eigenvalue weighted by Gasteiger charge is 2.03. The minimum absolute atomic E-state index is 0. The van der Waals surface area contributed by atoms with E-state index in [-0.39, 0.29) is 30.8 Å². The molecule has 2 rings (SSSR count). The van der Waals surface area contributed by atoms with Gasteiger partial charge in [0.15, 0.2) is 0 Å². The van der Waals surface area contributed by atoms with Crippen molar-refractivity contribution >= 4 is 30.8 Å². The molecule has 2 N–H and O–H groups in total. The largest absolute Gasteiger partial charge is 0.465 e. The molecule has 0 spiro atoms. The van der Waals surface area contributed by atoms with Crippen molar-refractivity contribution in [2.45, 2.75) is 13.1 Å². The summed E-state index contributed by atoms with van der Waals surface area (Å²) in [7, 11) is 1.38. The first-order valence-corrected chi connectivity index (χ1v) is 6.46. The number of carbonyl (C=O) groups excluding carboxylic acids is 1. The predicted octanol–water partition coefficient (Wildman–Crippen LogP) is 3.11. The number of ether oxygens (including phenoxy) is 1. The van der Waals surface area contributed by atoms with Gasteiger partial charge in [-0.25, -0.2) is 4.79 Å². The fourth-order valence-electron chi connectivity index (χ4n) is 1.80. The van der Waals surface area contributed by atoms with Crippen LogP contribution in [0.2, 0.25) is 0 Å². The molecule has 0 amide bonds. The molecule has 2 aromatic carbocycles. The number of halogens is 2. The third-order valence-electron chi connectivity index (χ3n) is 2.93. The summed E-state index contributed by atoms with van der Waals surface area (Å²) in [4.78, 5) is 11.3. The summed E-state index contributed by atoms with van der Waals surface area (Å²) in [5.41, 5.74) is 9.19. The number of hydrazine groups is 1. The van der Waals surface area contributed by atoms with Gasteiger partial charge in [0.05, 0.1) is 12.7 Å². The third kappa shape index (κ3) is 6.45. The van der Waals surface area contributed by atoms with E-state index < -0.39 is 0 Å². The van der Waals surface area contributed by atoms with Crippen LogP contribution in [-0.2, 0) is 17.8 Å². The highest BCUT2D eigenvalue weighted by atomic mass is 35.5. The van der Waals surface area contributed by atoms with Crippen LogP contribution in [0.4, 0.5) is 0 Å². The molecule has 0 bridgehead atoms. The second-order valence-corrected chi connectivity index (χ2v) is 4.38. The summed E-state index contributed by atoms with van der Waals surface area (Å²) in [5, 5.41) is 0. The van der Waals surface area contributed by atoms with Gasteiger partial charge in [-0.15, -0.1) is 24.8 Å². The van der Waals surface area contributed by atoms with Crippen LogP contribution in [0.25, 0.3) is 0 Å². The van der Waals surface area contributed by atoms with Crippen molar-refractivity contribution in [3.05, 3.63) is 71.3 Å². The number of hydrogen-bond donors (Lipinski definition) is 2. The maximum atomic E-state index is 11.3. The van der Waals surface area contributed by atoms with Gasteiger partial charge < -0.3 is 4.74 Å². The summed E-state index contributed by atoms with van der Waals surface area (Å²) < 4.78 is 4.66. The van der Waals surface area contributed by atoms with Crippen LogP contribution in [-0.4, -0.2) is 13.1 Å².